The van der Waals surface area contributed by atoms with Crippen molar-refractivity contribution in [2.24, 2.45) is 5.92 Å². The van der Waals surface area contributed by atoms with Crippen LogP contribution in [0.2, 0.25) is 0 Å². The summed E-state index contributed by atoms with van der Waals surface area (Å²) in [5.41, 5.74) is 0. The zero-order chi connectivity index (χ0) is 14.0. The highest BCUT2D eigenvalue weighted by Crippen LogP contribution is 2.30. The van der Waals surface area contributed by atoms with Crippen LogP contribution in [0.1, 0.15) is 32.6 Å². The minimum absolute atomic E-state index is 0.126. The Balaban J connectivity index is 2.03. The molecule has 0 spiro atoms. The molecule has 2 fully saturated rings. The van der Waals surface area contributed by atoms with Crippen molar-refractivity contribution >= 4 is 12.0 Å². The number of hydrogen-bond acceptors (Lipinski definition) is 3. The third-order valence-corrected chi connectivity index (χ3v) is 3.75. The molecule has 2 rings (SSSR count). The van der Waals surface area contributed by atoms with Gasteiger partial charge >= 0.3 is 12.0 Å². The van der Waals surface area contributed by atoms with Gasteiger partial charge in [-0.25, -0.2) is 9.59 Å². The molecule has 2 atom stereocenters. The van der Waals surface area contributed by atoms with E-state index in [1.807, 2.05) is 6.92 Å². The molecule has 0 radical (unpaired) electrons. The van der Waals surface area contributed by atoms with Gasteiger partial charge in [0.2, 0.25) is 0 Å². The molecule has 6 heteroatoms. The van der Waals surface area contributed by atoms with Gasteiger partial charge in [0.25, 0.3) is 0 Å². The zero-order valence-electron chi connectivity index (χ0n) is 11.3. The van der Waals surface area contributed by atoms with Gasteiger partial charge in [0.1, 0.15) is 6.04 Å². The number of aliphatic carboxylic acids is 1. The van der Waals surface area contributed by atoms with Crippen molar-refractivity contribution in [1.29, 1.82) is 0 Å². The molecule has 0 aromatic heterocycles. The van der Waals surface area contributed by atoms with Crippen LogP contribution in [-0.2, 0) is 4.79 Å². The van der Waals surface area contributed by atoms with Gasteiger partial charge in [0.05, 0.1) is 6.10 Å². The van der Waals surface area contributed by atoms with Gasteiger partial charge in [-0.3, -0.25) is 0 Å². The molecule has 2 amide bonds. The fourth-order valence-electron chi connectivity index (χ4n) is 2.59. The van der Waals surface area contributed by atoms with Crippen LogP contribution in [0.4, 0.5) is 4.79 Å². The van der Waals surface area contributed by atoms with Crippen molar-refractivity contribution in [3.63, 3.8) is 0 Å². The average Bonchev–Trinajstić information content (AvgIpc) is 3.08. The highest BCUT2D eigenvalue weighted by atomic mass is 16.4. The number of urea groups is 1. The first-order chi connectivity index (χ1) is 9.02. The van der Waals surface area contributed by atoms with E-state index in [0.29, 0.717) is 19.0 Å². The van der Waals surface area contributed by atoms with E-state index < -0.39 is 18.1 Å². The van der Waals surface area contributed by atoms with Crippen molar-refractivity contribution in [3.05, 3.63) is 0 Å². The van der Waals surface area contributed by atoms with E-state index in [-0.39, 0.29) is 19.0 Å². The van der Waals surface area contributed by atoms with E-state index in [9.17, 15) is 14.7 Å². The van der Waals surface area contributed by atoms with E-state index in [4.69, 9.17) is 5.11 Å². The normalized spacial score (nSPS) is 26.5. The number of carbonyl (C=O) groups excluding carboxylic acids is 1. The lowest BCUT2D eigenvalue weighted by atomic mass is 10.2. The molecule has 0 aromatic rings. The molecule has 0 aromatic carbocycles. The molecule has 0 bridgehead atoms. The maximum Gasteiger partial charge on any atom is 0.326 e. The number of nitrogens with zero attached hydrogens (tertiary/aromatic N) is 2. The van der Waals surface area contributed by atoms with Crippen LogP contribution in [-0.4, -0.2) is 63.8 Å². The number of carboxylic acids is 1. The summed E-state index contributed by atoms with van der Waals surface area (Å²) in [5, 5.41) is 18.7. The number of likely N-dealkylation sites (tertiary alicyclic amines) is 1. The lowest BCUT2D eigenvalue weighted by Gasteiger charge is -2.30. The summed E-state index contributed by atoms with van der Waals surface area (Å²) in [7, 11) is 0. The van der Waals surface area contributed by atoms with E-state index in [2.05, 4.69) is 0 Å². The number of rotatable bonds is 5. The van der Waals surface area contributed by atoms with Crippen molar-refractivity contribution in [3.8, 4) is 0 Å². The summed E-state index contributed by atoms with van der Waals surface area (Å²) < 4.78 is 0. The number of carboxylic acid groups (broad SMARTS) is 1. The monoisotopic (exact) mass is 270 g/mol. The molecule has 108 valence electrons. The van der Waals surface area contributed by atoms with Crippen LogP contribution >= 0.6 is 0 Å². The smallest absolute Gasteiger partial charge is 0.326 e. The molecular weight excluding hydrogens is 248 g/mol. The molecule has 1 saturated heterocycles. The summed E-state index contributed by atoms with van der Waals surface area (Å²) >= 11 is 0. The number of hydrogen-bond donors (Lipinski definition) is 2. The number of aliphatic hydroxyl groups is 1. The fourth-order valence-corrected chi connectivity index (χ4v) is 2.59. The second kappa shape index (κ2) is 5.77. The fraction of sp³-hybridized carbons (Fsp3) is 0.846. The number of carbonyl (C=O) groups is 2. The largest absolute Gasteiger partial charge is 0.480 e. The predicted molar refractivity (Wildman–Crippen MR) is 68.7 cm³/mol. The SMILES string of the molecule is CCCN(CC1CC1)C(=O)N1C[C@@H](O)C[C@H]1C(=O)O. The van der Waals surface area contributed by atoms with Gasteiger partial charge in [-0.05, 0) is 25.2 Å². The lowest BCUT2D eigenvalue weighted by Crippen LogP contribution is -2.49. The number of β-amino-alcohol motifs (C(OH)–C–C–N with tert-alkyl or cyclic N) is 1. The van der Waals surface area contributed by atoms with Crippen LogP contribution < -0.4 is 0 Å². The minimum atomic E-state index is -1.03. The van der Waals surface area contributed by atoms with Crippen LogP contribution in [0, 0.1) is 5.92 Å². The van der Waals surface area contributed by atoms with E-state index in [0.717, 1.165) is 19.3 Å². The van der Waals surface area contributed by atoms with Crippen molar-refractivity contribution < 1.29 is 19.8 Å². The summed E-state index contributed by atoms with van der Waals surface area (Å²) in [6, 6.07) is -1.13. The Labute approximate surface area is 113 Å². The predicted octanol–water partition coefficient (Wildman–Crippen LogP) is 0.748. The van der Waals surface area contributed by atoms with Crippen LogP contribution in [0.3, 0.4) is 0 Å². The lowest BCUT2D eigenvalue weighted by molar-refractivity contribution is -0.141. The summed E-state index contributed by atoms with van der Waals surface area (Å²) in [6.45, 7) is 3.49. The van der Waals surface area contributed by atoms with E-state index in [1.54, 1.807) is 4.90 Å². The van der Waals surface area contributed by atoms with Gasteiger partial charge in [-0.1, -0.05) is 6.92 Å². The molecule has 1 heterocycles. The average molecular weight is 270 g/mol. The Kier molecular flexibility index (Phi) is 4.29. The Morgan fingerprint density at radius 3 is 2.58 bits per heavy atom. The Bertz CT molecular complexity index is 357. The van der Waals surface area contributed by atoms with Crippen LogP contribution in [0.25, 0.3) is 0 Å². The maximum atomic E-state index is 12.4. The van der Waals surface area contributed by atoms with Crippen molar-refractivity contribution in [1.82, 2.24) is 9.80 Å². The van der Waals surface area contributed by atoms with Crippen molar-refractivity contribution in [2.75, 3.05) is 19.6 Å². The van der Waals surface area contributed by atoms with Crippen LogP contribution in [0.15, 0.2) is 0 Å². The molecule has 2 N–H and O–H groups in total. The molecule has 6 nitrogen and oxygen atoms in total. The van der Waals surface area contributed by atoms with Crippen molar-refractivity contribution in [2.45, 2.75) is 44.8 Å². The topological polar surface area (TPSA) is 81.1 Å². The summed E-state index contributed by atoms with van der Waals surface area (Å²) in [6.07, 6.45) is 2.56. The second-order valence-electron chi connectivity index (χ2n) is 5.57. The van der Waals surface area contributed by atoms with Gasteiger partial charge in [0.15, 0.2) is 0 Å². The van der Waals surface area contributed by atoms with E-state index >= 15 is 0 Å². The third kappa shape index (κ3) is 3.37. The standard InChI is InChI=1S/C13H22N2O4/c1-2-5-14(7-9-3-4-9)13(19)15-8-10(16)6-11(15)12(17)18/h9-11,16H,2-8H2,1H3,(H,17,18)/t10-,11-/m0/s1. The number of aliphatic hydroxyl groups excluding tert-OH is 1. The van der Waals surface area contributed by atoms with Gasteiger partial charge in [-0.2, -0.15) is 0 Å². The molecule has 1 aliphatic carbocycles. The first-order valence-electron chi connectivity index (χ1n) is 6.99. The highest BCUT2D eigenvalue weighted by Gasteiger charge is 2.41. The molecule has 0 unspecified atom stereocenters. The third-order valence-electron chi connectivity index (χ3n) is 3.75. The van der Waals surface area contributed by atoms with Gasteiger partial charge in [0, 0.05) is 26.1 Å². The second-order valence-corrected chi connectivity index (χ2v) is 5.57. The highest BCUT2D eigenvalue weighted by molar-refractivity contribution is 5.83. The summed E-state index contributed by atoms with van der Waals surface area (Å²) in [4.78, 5) is 26.6. The van der Waals surface area contributed by atoms with Gasteiger partial charge in [-0.15, -0.1) is 0 Å². The van der Waals surface area contributed by atoms with Crippen LogP contribution in [0.5, 0.6) is 0 Å². The number of amides is 2. The molecular formula is C13H22N2O4. The minimum Gasteiger partial charge on any atom is -0.480 e. The quantitative estimate of drug-likeness (QED) is 0.772. The Hall–Kier alpha value is -1.30. The maximum absolute atomic E-state index is 12.4. The summed E-state index contributed by atoms with van der Waals surface area (Å²) in [5.74, 6) is -0.459. The molecule has 2 aliphatic rings. The molecule has 19 heavy (non-hydrogen) atoms. The zero-order valence-corrected chi connectivity index (χ0v) is 11.3. The molecule has 1 aliphatic heterocycles. The van der Waals surface area contributed by atoms with Gasteiger partial charge < -0.3 is 20.0 Å². The van der Waals surface area contributed by atoms with E-state index in [1.165, 1.54) is 4.90 Å². The molecule has 1 saturated carbocycles. The first-order valence-corrected chi connectivity index (χ1v) is 6.99. The Morgan fingerprint density at radius 1 is 1.37 bits per heavy atom. The Morgan fingerprint density at radius 2 is 2.05 bits per heavy atom. The first kappa shape index (κ1) is 14.1.